The van der Waals surface area contributed by atoms with Gasteiger partial charge in [-0.25, -0.2) is 17.6 Å². The minimum Gasteiger partial charge on any atom is -0.319 e. The van der Waals surface area contributed by atoms with Crippen LogP contribution in [0.25, 0.3) is 0 Å². The highest BCUT2D eigenvalue weighted by Crippen LogP contribution is 2.24. The Balaban J connectivity index is 2.93. The van der Waals surface area contributed by atoms with E-state index in [-0.39, 0.29) is 11.1 Å². The van der Waals surface area contributed by atoms with E-state index in [9.17, 15) is 17.6 Å². The van der Waals surface area contributed by atoms with Crippen LogP contribution in [0.15, 0.2) is 24.3 Å². The van der Waals surface area contributed by atoms with Crippen LogP contribution < -0.4 is 5.73 Å². The van der Waals surface area contributed by atoms with Crippen LogP contribution in [0.1, 0.15) is 23.6 Å². The molecule has 0 bridgehead atoms. The van der Waals surface area contributed by atoms with Crippen LogP contribution in [-0.4, -0.2) is 6.43 Å². The fourth-order valence-corrected chi connectivity index (χ4v) is 1.05. The van der Waals surface area contributed by atoms with E-state index in [4.69, 9.17) is 5.73 Å². The van der Waals surface area contributed by atoms with Gasteiger partial charge in [0.05, 0.1) is 6.04 Å². The molecule has 1 rings (SSSR count). The molecule has 0 saturated heterocycles. The van der Waals surface area contributed by atoms with Gasteiger partial charge in [0.25, 0.3) is 12.9 Å². The maximum absolute atomic E-state index is 12.2. The Hall–Kier alpha value is -1.10. The van der Waals surface area contributed by atoms with E-state index in [0.29, 0.717) is 0 Å². The van der Waals surface area contributed by atoms with Crippen molar-refractivity contribution in [3.63, 3.8) is 0 Å². The summed E-state index contributed by atoms with van der Waals surface area (Å²) in [4.78, 5) is 0. The average Bonchev–Trinajstić information content (AvgIpc) is 2.16. The van der Waals surface area contributed by atoms with Gasteiger partial charge in [-0.1, -0.05) is 18.2 Å². The van der Waals surface area contributed by atoms with Gasteiger partial charge in [0.1, 0.15) is 0 Å². The first-order valence-corrected chi connectivity index (χ1v) is 3.94. The van der Waals surface area contributed by atoms with Crippen LogP contribution in [-0.2, 0) is 0 Å². The monoisotopic (exact) mass is 207 g/mol. The van der Waals surface area contributed by atoms with Crippen molar-refractivity contribution in [2.24, 2.45) is 5.73 Å². The molecule has 0 spiro atoms. The van der Waals surface area contributed by atoms with Crippen LogP contribution in [0.4, 0.5) is 17.6 Å². The standard InChI is InChI=1S/C9H9F4N/c10-8(11)6-3-1-2-5(4-6)7(14)9(12)13/h1-4,7-9H,14H2. The molecule has 0 aromatic heterocycles. The molecule has 0 fully saturated rings. The van der Waals surface area contributed by atoms with E-state index in [1.165, 1.54) is 18.2 Å². The molecule has 1 unspecified atom stereocenters. The summed E-state index contributed by atoms with van der Waals surface area (Å²) < 4.78 is 48.6. The minimum absolute atomic E-state index is 0.0257. The lowest BCUT2D eigenvalue weighted by atomic mass is 10.1. The number of halogens is 4. The van der Waals surface area contributed by atoms with E-state index < -0.39 is 18.9 Å². The van der Waals surface area contributed by atoms with E-state index in [1.54, 1.807) is 0 Å². The largest absolute Gasteiger partial charge is 0.319 e. The molecular weight excluding hydrogens is 198 g/mol. The van der Waals surface area contributed by atoms with E-state index >= 15 is 0 Å². The van der Waals surface area contributed by atoms with E-state index in [1.807, 2.05) is 0 Å². The third-order valence-electron chi connectivity index (χ3n) is 1.82. The van der Waals surface area contributed by atoms with E-state index in [2.05, 4.69) is 0 Å². The van der Waals surface area contributed by atoms with Gasteiger partial charge in [-0.2, -0.15) is 0 Å². The molecule has 5 heteroatoms. The van der Waals surface area contributed by atoms with Crippen molar-refractivity contribution in [1.29, 1.82) is 0 Å². The first-order chi connectivity index (χ1) is 6.52. The highest BCUT2D eigenvalue weighted by Gasteiger charge is 2.18. The van der Waals surface area contributed by atoms with Crippen molar-refractivity contribution < 1.29 is 17.6 Å². The summed E-state index contributed by atoms with van der Waals surface area (Å²) in [5, 5.41) is 0. The van der Waals surface area contributed by atoms with Crippen molar-refractivity contribution in [2.75, 3.05) is 0 Å². The summed E-state index contributed by atoms with van der Waals surface area (Å²) in [6.07, 6.45) is -5.41. The number of hydrogen-bond acceptors (Lipinski definition) is 1. The molecule has 14 heavy (non-hydrogen) atoms. The SMILES string of the molecule is NC(c1cccc(C(F)F)c1)C(F)F. The highest BCUT2D eigenvalue weighted by atomic mass is 19.3. The zero-order valence-electron chi connectivity index (χ0n) is 7.13. The smallest absolute Gasteiger partial charge is 0.263 e. The van der Waals surface area contributed by atoms with Crippen molar-refractivity contribution in [3.05, 3.63) is 35.4 Å². The molecule has 1 aromatic rings. The average molecular weight is 207 g/mol. The summed E-state index contributed by atoms with van der Waals surface area (Å²) in [6, 6.07) is 3.27. The van der Waals surface area contributed by atoms with Gasteiger partial charge in [0.2, 0.25) is 0 Å². The number of rotatable bonds is 3. The predicted molar refractivity (Wildman–Crippen MR) is 44.3 cm³/mol. The Kier molecular flexibility index (Phi) is 3.46. The Morgan fingerprint density at radius 1 is 1.00 bits per heavy atom. The molecule has 0 aliphatic heterocycles. The highest BCUT2D eigenvalue weighted by molar-refractivity contribution is 5.26. The Bertz CT molecular complexity index is 301. The summed E-state index contributed by atoms with van der Waals surface area (Å²) in [6.45, 7) is 0. The number of benzene rings is 1. The van der Waals surface area contributed by atoms with Crippen molar-refractivity contribution in [1.82, 2.24) is 0 Å². The fourth-order valence-electron chi connectivity index (χ4n) is 1.05. The van der Waals surface area contributed by atoms with Crippen LogP contribution in [0.5, 0.6) is 0 Å². The van der Waals surface area contributed by atoms with Crippen LogP contribution >= 0.6 is 0 Å². The van der Waals surface area contributed by atoms with Crippen molar-refractivity contribution >= 4 is 0 Å². The van der Waals surface area contributed by atoms with Crippen LogP contribution in [0.3, 0.4) is 0 Å². The number of alkyl halides is 4. The second-order valence-corrected chi connectivity index (χ2v) is 2.83. The van der Waals surface area contributed by atoms with Crippen molar-refractivity contribution in [2.45, 2.75) is 18.9 Å². The third-order valence-corrected chi connectivity index (χ3v) is 1.82. The molecule has 0 aliphatic rings. The lowest BCUT2D eigenvalue weighted by molar-refractivity contribution is 0.115. The van der Waals surface area contributed by atoms with Crippen LogP contribution in [0, 0.1) is 0 Å². The maximum Gasteiger partial charge on any atom is 0.263 e. The second kappa shape index (κ2) is 4.41. The molecule has 0 radical (unpaired) electrons. The first kappa shape index (κ1) is 11.0. The second-order valence-electron chi connectivity index (χ2n) is 2.83. The number of hydrogen-bond donors (Lipinski definition) is 1. The fraction of sp³-hybridized carbons (Fsp3) is 0.333. The topological polar surface area (TPSA) is 26.0 Å². The molecule has 1 aromatic carbocycles. The van der Waals surface area contributed by atoms with Gasteiger partial charge in [-0.3, -0.25) is 0 Å². The molecule has 0 amide bonds. The normalized spacial score (nSPS) is 13.6. The summed E-state index contributed by atoms with van der Waals surface area (Å²) in [7, 11) is 0. The molecule has 0 saturated carbocycles. The maximum atomic E-state index is 12.2. The van der Waals surface area contributed by atoms with Crippen molar-refractivity contribution in [3.8, 4) is 0 Å². The third kappa shape index (κ3) is 2.45. The Morgan fingerprint density at radius 3 is 2.07 bits per heavy atom. The van der Waals surface area contributed by atoms with Crippen LogP contribution in [0.2, 0.25) is 0 Å². The van der Waals surface area contributed by atoms with Gasteiger partial charge < -0.3 is 5.73 Å². The zero-order chi connectivity index (χ0) is 10.7. The number of nitrogens with two attached hydrogens (primary N) is 1. The molecule has 0 heterocycles. The first-order valence-electron chi connectivity index (χ1n) is 3.94. The van der Waals surface area contributed by atoms with Gasteiger partial charge in [0, 0.05) is 5.56 Å². The summed E-state index contributed by atoms with van der Waals surface area (Å²) >= 11 is 0. The summed E-state index contributed by atoms with van der Waals surface area (Å²) in [5.41, 5.74) is 4.84. The molecule has 2 N–H and O–H groups in total. The Morgan fingerprint density at radius 2 is 1.57 bits per heavy atom. The zero-order valence-corrected chi connectivity index (χ0v) is 7.13. The minimum atomic E-state index is -2.75. The molecule has 78 valence electrons. The predicted octanol–water partition coefficient (Wildman–Crippen LogP) is 2.89. The molecule has 1 nitrogen and oxygen atoms in total. The van der Waals surface area contributed by atoms with Gasteiger partial charge in [-0.15, -0.1) is 0 Å². The quantitative estimate of drug-likeness (QED) is 0.757. The lowest BCUT2D eigenvalue weighted by Gasteiger charge is -2.11. The molecular formula is C9H9F4N. The molecule has 0 aliphatic carbocycles. The lowest BCUT2D eigenvalue weighted by Crippen LogP contribution is -2.18. The van der Waals surface area contributed by atoms with E-state index in [0.717, 1.165) is 6.07 Å². The summed E-state index contributed by atoms with van der Waals surface area (Å²) in [5.74, 6) is 0. The molecule has 1 atom stereocenters. The Labute approximate surface area is 78.5 Å². The van der Waals surface area contributed by atoms with Gasteiger partial charge in [0.15, 0.2) is 0 Å². The van der Waals surface area contributed by atoms with Gasteiger partial charge in [-0.05, 0) is 11.6 Å². The van der Waals surface area contributed by atoms with Gasteiger partial charge >= 0.3 is 0 Å².